The fourth-order valence-corrected chi connectivity index (χ4v) is 4.01. The van der Waals surface area contributed by atoms with Crippen LogP contribution in [0.5, 0.6) is 5.75 Å². The Morgan fingerprint density at radius 3 is 2.33 bits per heavy atom. The van der Waals surface area contributed by atoms with Gasteiger partial charge in [-0.1, -0.05) is 30.3 Å². The predicted octanol–water partition coefficient (Wildman–Crippen LogP) is 5.44. The van der Waals surface area contributed by atoms with Gasteiger partial charge in [-0.15, -0.1) is 11.8 Å². The van der Waals surface area contributed by atoms with Crippen LogP contribution >= 0.6 is 11.8 Å². The third-order valence-electron chi connectivity index (χ3n) is 4.66. The summed E-state index contributed by atoms with van der Waals surface area (Å²) >= 11 is 1.41. The van der Waals surface area contributed by atoms with Crippen LogP contribution in [0.1, 0.15) is 21.5 Å². The van der Waals surface area contributed by atoms with Crippen molar-refractivity contribution in [3.05, 3.63) is 101 Å². The molecule has 0 amide bonds. The molecule has 8 heteroatoms. The fourth-order valence-electron chi connectivity index (χ4n) is 3.02. The highest BCUT2D eigenvalue weighted by Crippen LogP contribution is 2.25. The molecule has 172 valence electrons. The number of ketones is 1. The minimum absolute atomic E-state index is 0.130. The first-order chi connectivity index (χ1) is 15.7. The minimum Gasteiger partial charge on any atom is -0.489 e. The second-order valence-corrected chi connectivity index (χ2v) is 10.0. The lowest BCUT2D eigenvalue weighted by Crippen LogP contribution is -2.10. The van der Waals surface area contributed by atoms with E-state index in [1.165, 1.54) is 11.8 Å². The summed E-state index contributed by atoms with van der Waals surface area (Å²) in [5.74, 6) is 0.565. The van der Waals surface area contributed by atoms with Crippen molar-refractivity contribution in [2.45, 2.75) is 13.5 Å². The third kappa shape index (κ3) is 7.69. The zero-order valence-corrected chi connectivity index (χ0v) is 20.3. The number of allylic oxidation sites excluding steroid dienone is 1. The largest absolute Gasteiger partial charge is 0.489 e. The second kappa shape index (κ2) is 11.1. The Morgan fingerprint density at radius 2 is 1.73 bits per heavy atom. The number of anilines is 2. The lowest BCUT2D eigenvalue weighted by atomic mass is 10.1. The Morgan fingerprint density at radius 1 is 1.03 bits per heavy atom. The molecule has 0 atom stereocenters. The van der Waals surface area contributed by atoms with Gasteiger partial charge in [-0.05, 0) is 66.8 Å². The quantitative estimate of drug-likeness (QED) is 0.295. The van der Waals surface area contributed by atoms with Gasteiger partial charge in [0.15, 0.2) is 5.78 Å². The molecule has 0 unspecified atom stereocenters. The van der Waals surface area contributed by atoms with Gasteiger partial charge in [-0.25, -0.2) is 8.42 Å². The molecule has 6 nitrogen and oxygen atoms in total. The van der Waals surface area contributed by atoms with Crippen LogP contribution in [-0.2, 0) is 16.6 Å². The molecule has 0 heterocycles. The zero-order valence-electron chi connectivity index (χ0n) is 18.7. The number of carbonyl (C=O) groups is 1. The summed E-state index contributed by atoms with van der Waals surface area (Å²) in [6, 6.07) is 22.1. The van der Waals surface area contributed by atoms with Crippen molar-refractivity contribution >= 4 is 38.9 Å². The third-order valence-corrected chi connectivity index (χ3v) is 5.92. The molecule has 0 radical (unpaired) electrons. The van der Waals surface area contributed by atoms with Gasteiger partial charge in [0, 0.05) is 23.0 Å². The number of hydrogen-bond acceptors (Lipinski definition) is 6. The SMILES string of the molecule is CS/C(=C\C(=O)c1ccc(OCc2ccccc2)cc1)Nc1ccc(NS(C)(=O)=O)cc1C. The van der Waals surface area contributed by atoms with E-state index in [0.717, 1.165) is 23.1 Å². The predicted molar refractivity (Wildman–Crippen MR) is 136 cm³/mol. The van der Waals surface area contributed by atoms with E-state index in [0.29, 0.717) is 28.6 Å². The van der Waals surface area contributed by atoms with Crippen LogP contribution < -0.4 is 14.8 Å². The smallest absolute Gasteiger partial charge is 0.229 e. The molecule has 0 aromatic heterocycles. The molecule has 3 rings (SSSR count). The van der Waals surface area contributed by atoms with E-state index in [2.05, 4.69) is 10.0 Å². The Balaban J connectivity index is 1.65. The molecule has 0 fully saturated rings. The number of thioether (sulfide) groups is 1. The molecular formula is C25H26N2O4S2. The maximum Gasteiger partial charge on any atom is 0.229 e. The van der Waals surface area contributed by atoms with E-state index in [1.807, 2.05) is 43.5 Å². The summed E-state index contributed by atoms with van der Waals surface area (Å²) in [7, 11) is -3.34. The first-order valence-corrected chi connectivity index (χ1v) is 13.3. The number of nitrogens with one attached hydrogen (secondary N) is 2. The summed E-state index contributed by atoms with van der Waals surface area (Å²) in [6.07, 6.45) is 4.53. The molecule has 0 saturated heterocycles. The number of ether oxygens (including phenoxy) is 1. The maximum absolute atomic E-state index is 12.7. The monoisotopic (exact) mass is 482 g/mol. The van der Waals surface area contributed by atoms with E-state index in [1.54, 1.807) is 48.5 Å². The van der Waals surface area contributed by atoms with E-state index in [-0.39, 0.29) is 5.78 Å². The van der Waals surface area contributed by atoms with Gasteiger partial charge < -0.3 is 10.1 Å². The number of rotatable bonds is 10. The van der Waals surface area contributed by atoms with Crippen molar-refractivity contribution in [1.82, 2.24) is 0 Å². The number of aryl methyl sites for hydroxylation is 1. The van der Waals surface area contributed by atoms with E-state index in [4.69, 9.17) is 4.74 Å². The summed E-state index contributed by atoms with van der Waals surface area (Å²) in [4.78, 5) is 12.7. The summed E-state index contributed by atoms with van der Waals surface area (Å²) in [6.45, 7) is 2.33. The van der Waals surface area contributed by atoms with Crippen LogP contribution in [0.15, 0.2) is 83.9 Å². The number of benzene rings is 3. The van der Waals surface area contributed by atoms with Gasteiger partial charge in [0.25, 0.3) is 0 Å². The van der Waals surface area contributed by atoms with Crippen LogP contribution in [0.3, 0.4) is 0 Å². The van der Waals surface area contributed by atoms with Gasteiger partial charge in [0.1, 0.15) is 12.4 Å². The van der Waals surface area contributed by atoms with Crippen molar-refractivity contribution in [2.24, 2.45) is 0 Å². The van der Waals surface area contributed by atoms with Crippen LogP contribution in [0.25, 0.3) is 0 Å². The van der Waals surface area contributed by atoms with Crippen molar-refractivity contribution in [3.8, 4) is 5.75 Å². The molecule has 0 aliphatic heterocycles. The van der Waals surface area contributed by atoms with Crippen LogP contribution in [-0.4, -0.2) is 26.7 Å². The molecule has 0 aliphatic carbocycles. The van der Waals surface area contributed by atoms with Crippen LogP contribution in [0.2, 0.25) is 0 Å². The van der Waals surface area contributed by atoms with Crippen LogP contribution in [0, 0.1) is 6.92 Å². The zero-order chi connectivity index (χ0) is 23.8. The van der Waals surface area contributed by atoms with Crippen molar-refractivity contribution in [1.29, 1.82) is 0 Å². The average Bonchev–Trinajstić information content (AvgIpc) is 2.78. The van der Waals surface area contributed by atoms with Crippen molar-refractivity contribution in [3.63, 3.8) is 0 Å². The van der Waals surface area contributed by atoms with Gasteiger partial charge in [0.2, 0.25) is 10.0 Å². The first kappa shape index (κ1) is 24.4. The van der Waals surface area contributed by atoms with Gasteiger partial charge in [-0.2, -0.15) is 0 Å². The normalized spacial score (nSPS) is 11.7. The Bertz CT molecular complexity index is 1240. The van der Waals surface area contributed by atoms with Crippen molar-refractivity contribution < 1.29 is 17.9 Å². The number of sulfonamides is 1. The molecule has 3 aromatic rings. The molecule has 2 N–H and O–H groups in total. The second-order valence-electron chi connectivity index (χ2n) is 7.40. The topological polar surface area (TPSA) is 84.5 Å². The van der Waals surface area contributed by atoms with Gasteiger partial charge in [-0.3, -0.25) is 9.52 Å². The fraction of sp³-hybridized carbons (Fsp3) is 0.160. The Labute approximate surface area is 199 Å². The molecule has 0 aliphatic rings. The molecule has 0 bridgehead atoms. The highest BCUT2D eigenvalue weighted by Gasteiger charge is 2.09. The van der Waals surface area contributed by atoms with Crippen molar-refractivity contribution in [2.75, 3.05) is 22.6 Å². The maximum atomic E-state index is 12.7. The highest BCUT2D eigenvalue weighted by atomic mass is 32.2. The van der Waals surface area contributed by atoms with Gasteiger partial charge >= 0.3 is 0 Å². The average molecular weight is 483 g/mol. The van der Waals surface area contributed by atoms with E-state index in [9.17, 15) is 13.2 Å². The highest BCUT2D eigenvalue weighted by molar-refractivity contribution is 8.02. The summed E-state index contributed by atoms with van der Waals surface area (Å²) < 4.78 is 31.1. The van der Waals surface area contributed by atoms with E-state index >= 15 is 0 Å². The van der Waals surface area contributed by atoms with Gasteiger partial charge in [0.05, 0.1) is 11.3 Å². The standard InChI is InChI=1S/C25H26N2O4S2/c1-18-15-21(27-33(3,29)30)11-14-23(18)26-25(32-2)16-24(28)20-9-12-22(13-10-20)31-17-19-7-5-4-6-8-19/h4-16,26-27H,17H2,1-3H3/b25-16-. The first-order valence-electron chi connectivity index (χ1n) is 10.2. The lowest BCUT2D eigenvalue weighted by Gasteiger charge is -2.13. The number of hydrogen-bond donors (Lipinski definition) is 2. The summed E-state index contributed by atoms with van der Waals surface area (Å²) in [5, 5.41) is 3.92. The van der Waals surface area contributed by atoms with Crippen LogP contribution in [0.4, 0.5) is 11.4 Å². The Hall–Kier alpha value is -3.23. The van der Waals surface area contributed by atoms with E-state index < -0.39 is 10.0 Å². The summed E-state index contributed by atoms with van der Waals surface area (Å²) in [5.41, 5.74) is 3.75. The molecule has 0 saturated carbocycles. The molecule has 0 spiro atoms. The molecule has 3 aromatic carbocycles. The molecule has 33 heavy (non-hydrogen) atoms. The molecular weight excluding hydrogens is 456 g/mol. The number of carbonyl (C=O) groups excluding carboxylic acids is 1. The lowest BCUT2D eigenvalue weighted by molar-refractivity contribution is 0.104. The minimum atomic E-state index is -3.34. The Kier molecular flexibility index (Phi) is 8.19.